The highest BCUT2D eigenvalue weighted by atomic mass is 79.9. The van der Waals surface area contributed by atoms with Crippen LogP contribution in [0.3, 0.4) is 0 Å². The summed E-state index contributed by atoms with van der Waals surface area (Å²) in [6, 6.07) is 5.38. The minimum absolute atomic E-state index is 0.0324. The smallest absolute Gasteiger partial charge is 0.387 e. The van der Waals surface area contributed by atoms with Crippen molar-refractivity contribution in [2.45, 2.75) is 18.4 Å². The first kappa shape index (κ1) is 24.7. The fraction of sp³-hybridized carbons (Fsp3) is 0.278. The van der Waals surface area contributed by atoms with E-state index in [0.717, 1.165) is 18.4 Å². The summed E-state index contributed by atoms with van der Waals surface area (Å²) in [7, 11) is -2.98. The number of para-hydroxylation sites is 1. The maximum atomic E-state index is 12.7. The number of nitrogens with one attached hydrogen (secondary N) is 1. The molecule has 0 spiro atoms. The summed E-state index contributed by atoms with van der Waals surface area (Å²) in [6.45, 7) is -3.15. The lowest BCUT2D eigenvalue weighted by Crippen LogP contribution is -2.49. The predicted octanol–water partition coefficient (Wildman–Crippen LogP) is 2.76. The molecule has 0 bridgehead atoms. The number of carbonyl (C=O) groups excluding carboxylic acids is 2. The molecule has 166 valence electrons. The Balaban J connectivity index is 2.27. The highest BCUT2D eigenvalue weighted by molar-refractivity contribution is 9.10. The summed E-state index contributed by atoms with van der Waals surface area (Å²) < 4.78 is 55.4. The number of hydrogen-bond donors (Lipinski definition) is 1. The molecule has 2 aromatic rings. The van der Waals surface area contributed by atoms with E-state index in [1.165, 1.54) is 24.3 Å². The molecule has 1 atom stereocenters. The van der Waals surface area contributed by atoms with Crippen LogP contribution < -0.4 is 10.1 Å². The second-order valence-electron chi connectivity index (χ2n) is 6.16. The quantitative estimate of drug-likeness (QED) is 0.389. The van der Waals surface area contributed by atoms with E-state index >= 15 is 0 Å². The monoisotopic (exact) mass is 535 g/mol. The Morgan fingerprint density at radius 1 is 1.32 bits per heavy atom. The topological polar surface area (TPSA) is 117 Å². The number of ether oxygens (including phenoxy) is 1. The number of sulfone groups is 1. The van der Waals surface area contributed by atoms with Crippen LogP contribution in [0.25, 0.3) is 0 Å². The van der Waals surface area contributed by atoms with Crippen LogP contribution in [-0.4, -0.2) is 50.6 Å². The molecule has 0 unspecified atom stereocenters. The molecule has 1 heterocycles. The molecule has 0 aliphatic heterocycles. The first-order valence-corrected chi connectivity index (χ1v) is 12.0. The van der Waals surface area contributed by atoms with Crippen molar-refractivity contribution in [1.29, 1.82) is 5.26 Å². The number of benzene rings is 1. The van der Waals surface area contributed by atoms with Crippen molar-refractivity contribution in [1.82, 2.24) is 10.2 Å². The maximum absolute atomic E-state index is 12.7. The van der Waals surface area contributed by atoms with Crippen molar-refractivity contribution in [3.05, 3.63) is 50.6 Å². The second-order valence-corrected chi connectivity index (χ2v) is 10.0. The average Bonchev–Trinajstić information content (AvgIpc) is 3.13. The van der Waals surface area contributed by atoms with Gasteiger partial charge in [0.15, 0.2) is 16.0 Å². The average molecular weight is 536 g/mol. The van der Waals surface area contributed by atoms with Gasteiger partial charge in [-0.2, -0.15) is 14.0 Å². The molecule has 2 amide bonds. The SMILES string of the molecule is CN(C#N)C(=O)[C@H](CS(=O)(=O)Cc1ccccc1OC(F)F)NC(=O)c1sccc1Br. The van der Waals surface area contributed by atoms with Crippen LogP contribution >= 0.6 is 27.3 Å². The summed E-state index contributed by atoms with van der Waals surface area (Å²) in [5.74, 6) is -3.53. The summed E-state index contributed by atoms with van der Waals surface area (Å²) >= 11 is 4.25. The molecule has 2 rings (SSSR count). The van der Waals surface area contributed by atoms with Crippen LogP contribution in [0, 0.1) is 11.5 Å². The zero-order valence-corrected chi connectivity index (χ0v) is 19.1. The third-order valence-electron chi connectivity index (χ3n) is 3.89. The Hall–Kier alpha value is -2.56. The number of thiophene rings is 1. The second kappa shape index (κ2) is 10.7. The summed E-state index contributed by atoms with van der Waals surface area (Å²) in [4.78, 5) is 25.8. The lowest BCUT2D eigenvalue weighted by atomic mass is 10.2. The molecule has 1 aromatic heterocycles. The van der Waals surface area contributed by atoms with Crippen LogP contribution in [0.5, 0.6) is 5.75 Å². The van der Waals surface area contributed by atoms with Crippen molar-refractivity contribution in [2.75, 3.05) is 12.8 Å². The van der Waals surface area contributed by atoms with Crippen molar-refractivity contribution in [3.8, 4) is 11.9 Å². The normalized spacial score (nSPS) is 12.1. The van der Waals surface area contributed by atoms with Gasteiger partial charge in [-0.3, -0.25) is 14.5 Å². The highest BCUT2D eigenvalue weighted by Gasteiger charge is 2.31. The molecule has 1 N–H and O–H groups in total. The predicted molar refractivity (Wildman–Crippen MR) is 112 cm³/mol. The molecule has 0 saturated carbocycles. The fourth-order valence-corrected chi connectivity index (χ4v) is 5.54. The molecule has 31 heavy (non-hydrogen) atoms. The van der Waals surface area contributed by atoms with E-state index in [2.05, 4.69) is 26.0 Å². The van der Waals surface area contributed by atoms with Gasteiger partial charge in [0.1, 0.15) is 16.7 Å². The molecule has 0 fully saturated rings. The Kier molecular flexibility index (Phi) is 8.49. The molecule has 0 aliphatic carbocycles. The minimum Gasteiger partial charge on any atom is -0.435 e. The number of nitriles is 1. The number of rotatable bonds is 9. The van der Waals surface area contributed by atoms with Crippen molar-refractivity contribution >= 4 is 48.9 Å². The van der Waals surface area contributed by atoms with Crippen LogP contribution in [-0.2, 0) is 20.4 Å². The van der Waals surface area contributed by atoms with E-state index in [9.17, 15) is 26.8 Å². The van der Waals surface area contributed by atoms with Gasteiger partial charge in [0.2, 0.25) is 0 Å². The molecule has 0 aliphatic rings. The standard InChI is InChI=1S/C18H16BrF2N3O5S2/c1-24(10-22)17(26)13(23-16(25)15-12(19)6-7-30-15)9-31(27,28)8-11-4-2-3-5-14(11)29-18(20)21/h2-7,13,18H,8-9H2,1H3,(H,23,25)/t13-/m0/s1. The number of amides is 2. The lowest BCUT2D eigenvalue weighted by Gasteiger charge is -2.20. The number of halogens is 3. The molecule has 0 radical (unpaired) electrons. The number of alkyl halides is 2. The van der Waals surface area contributed by atoms with Gasteiger partial charge in [0.25, 0.3) is 11.8 Å². The van der Waals surface area contributed by atoms with Crippen molar-refractivity contribution in [3.63, 3.8) is 0 Å². The number of hydrogen-bond acceptors (Lipinski definition) is 7. The Morgan fingerprint density at radius 2 is 2.00 bits per heavy atom. The number of likely N-dealkylation sites (N-methyl/N-ethyl adjacent to an activating group) is 1. The van der Waals surface area contributed by atoms with Crippen molar-refractivity contribution in [2.24, 2.45) is 0 Å². The van der Waals surface area contributed by atoms with Crippen LogP contribution in [0.4, 0.5) is 8.78 Å². The zero-order valence-electron chi connectivity index (χ0n) is 15.9. The van der Waals surface area contributed by atoms with E-state index in [4.69, 9.17) is 5.26 Å². The first-order chi connectivity index (χ1) is 14.5. The number of carbonyl (C=O) groups is 2. The van der Waals surface area contributed by atoms with Gasteiger partial charge in [-0.05, 0) is 33.4 Å². The number of nitrogens with zero attached hydrogens (tertiary/aromatic N) is 2. The van der Waals surface area contributed by atoms with E-state index < -0.39 is 45.8 Å². The largest absolute Gasteiger partial charge is 0.435 e. The van der Waals surface area contributed by atoms with Gasteiger partial charge in [-0.25, -0.2) is 8.42 Å². The Labute approximate surface area is 189 Å². The van der Waals surface area contributed by atoms with Gasteiger partial charge in [-0.1, -0.05) is 18.2 Å². The molecule has 1 aromatic carbocycles. The Bertz CT molecular complexity index is 1100. The first-order valence-electron chi connectivity index (χ1n) is 8.48. The van der Waals surface area contributed by atoms with E-state index in [-0.39, 0.29) is 16.2 Å². The molecule has 8 nitrogen and oxygen atoms in total. The fourth-order valence-electron chi connectivity index (χ4n) is 2.52. The molecule has 0 saturated heterocycles. The van der Waals surface area contributed by atoms with Crippen LogP contribution in [0.1, 0.15) is 15.2 Å². The van der Waals surface area contributed by atoms with Crippen molar-refractivity contribution < 1.29 is 31.5 Å². The van der Waals surface area contributed by atoms with Crippen LogP contribution in [0.2, 0.25) is 0 Å². The zero-order chi connectivity index (χ0) is 23.2. The van der Waals surface area contributed by atoms with Crippen LogP contribution in [0.15, 0.2) is 40.2 Å². The third kappa shape index (κ3) is 6.98. The summed E-state index contributed by atoms with van der Waals surface area (Å²) in [5.41, 5.74) is -0.0324. The molecular formula is C18H16BrF2N3O5S2. The van der Waals surface area contributed by atoms with Gasteiger partial charge < -0.3 is 10.1 Å². The lowest BCUT2D eigenvalue weighted by molar-refractivity contribution is -0.128. The summed E-state index contributed by atoms with van der Waals surface area (Å²) in [5, 5.41) is 12.9. The van der Waals surface area contributed by atoms with Gasteiger partial charge in [-0.15, -0.1) is 11.3 Å². The Morgan fingerprint density at radius 3 is 2.58 bits per heavy atom. The maximum Gasteiger partial charge on any atom is 0.387 e. The van der Waals surface area contributed by atoms with Gasteiger partial charge in [0, 0.05) is 17.1 Å². The van der Waals surface area contributed by atoms with Gasteiger partial charge in [0.05, 0.1) is 11.5 Å². The van der Waals surface area contributed by atoms with E-state index in [0.29, 0.717) is 9.37 Å². The van der Waals surface area contributed by atoms with E-state index in [1.807, 2.05) is 0 Å². The highest BCUT2D eigenvalue weighted by Crippen LogP contribution is 2.24. The molecule has 13 heteroatoms. The summed E-state index contributed by atoms with van der Waals surface area (Å²) in [6.07, 6.45) is 1.56. The molecular weight excluding hydrogens is 520 g/mol. The van der Waals surface area contributed by atoms with Gasteiger partial charge >= 0.3 is 6.61 Å². The minimum atomic E-state index is -4.11. The van der Waals surface area contributed by atoms with E-state index in [1.54, 1.807) is 17.6 Å². The third-order valence-corrected chi connectivity index (χ3v) is 7.32.